The molecule has 34 heavy (non-hydrogen) atoms. The topological polar surface area (TPSA) is 200 Å². The maximum absolute atomic E-state index is 12.9. The molecule has 8 N–H and O–H groups in total. The minimum atomic E-state index is -1.39. The average Bonchev–Trinajstić information content (AvgIpc) is 3.35. The summed E-state index contributed by atoms with van der Waals surface area (Å²) in [6.45, 7) is -0.0196. The van der Waals surface area contributed by atoms with E-state index in [0.717, 1.165) is 6.42 Å². The number of carbonyl (C=O) groups is 5. The first-order valence-electron chi connectivity index (χ1n) is 11.0. The van der Waals surface area contributed by atoms with Gasteiger partial charge in [-0.3, -0.25) is 19.2 Å². The van der Waals surface area contributed by atoms with Crippen LogP contribution >= 0.6 is 0 Å². The molecule has 4 atom stereocenters. The first kappa shape index (κ1) is 26.7. The van der Waals surface area contributed by atoms with Gasteiger partial charge in [0.1, 0.15) is 18.1 Å². The molecule has 186 valence electrons. The zero-order valence-electron chi connectivity index (χ0n) is 18.7. The molecular formula is C22H31N5O7. The number of hydrogen-bond acceptors (Lipinski definition) is 7. The standard InChI is InChI=1S/C22H31N5O7/c23-18(29)9-8-15(22(33)34)25-20(31)16(11-13-5-2-1-3-6-13)26-21(32)17(12-28)27-19(30)14-7-4-10-24-14/h1-3,5-6,14-17,24,28H,4,7-12H2,(H2,23,29)(H,25,31)(H,26,32)(H,27,30)(H,33,34). The van der Waals surface area contributed by atoms with Crippen LogP contribution in [0.25, 0.3) is 0 Å². The lowest BCUT2D eigenvalue weighted by Gasteiger charge is -2.24. The second-order valence-corrected chi connectivity index (χ2v) is 8.05. The van der Waals surface area contributed by atoms with Gasteiger partial charge in [-0.2, -0.15) is 0 Å². The van der Waals surface area contributed by atoms with Crippen LogP contribution in [0, 0.1) is 0 Å². The summed E-state index contributed by atoms with van der Waals surface area (Å²) in [7, 11) is 0. The second-order valence-electron chi connectivity index (χ2n) is 8.05. The molecule has 1 aliphatic heterocycles. The third kappa shape index (κ3) is 8.45. The van der Waals surface area contributed by atoms with Gasteiger partial charge in [0.2, 0.25) is 23.6 Å². The van der Waals surface area contributed by atoms with Crippen LogP contribution in [-0.2, 0) is 30.4 Å². The molecule has 0 saturated carbocycles. The molecule has 1 aromatic carbocycles. The fourth-order valence-electron chi connectivity index (χ4n) is 3.52. The maximum atomic E-state index is 12.9. The number of amides is 4. The smallest absolute Gasteiger partial charge is 0.326 e. The van der Waals surface area contributed by atoms with Gasteiger partial charge < -0.3 is 37.2 Å². The van der Waals surface area contributed by atoms with E-state index < -0.39 is 60.4 Å². The van der Waals surface area contributed by atoms with Gasteiger partial charge in [0.25, 0.3) is 0 Å². The van der Waals surface area contributed by atoms with Crippen molar-refractivity contribution in [2.75, 3.05) is 13.2 Å². The van der Waals surface area contributed by atoms with Crippen LogP contribution in [0.2, 0.25) is 0 Å². The summed E-state index contributed by atoms with van der Waals surface area (Å²) in [6, 6.07) is 4.34. The van der Waals surface area contributed by atoms with Gasteiger partial charge in [0.05, 0.1) is 12.6 Å². The molecule has 0 aromatic heterocycles. The van der Waals surface area contributed by atoms with Gasteiger partial charge in [-0.25, -0.2) is 4.79 Å². The number of benzene rings is 1. The number of primary amides is 1. The lowest BCUT2D eigenvalue weighted by molar-refractivity contribution is -0.142. The first-order chi connectivity index (χ1) is 16.2. The summed E-state index contributed by atoms with van der Waals surface area (Å²) in [5, 5.41) is 29.3. The molecule has 0 bridgehead atoms. The third-order valence-electron chi connectivity index (χ3n) is 5.40. The van der Waals surface area contributed by atoms with E-state index in [1.54, 1.807) is 30.3 Å². The number of carboxylic acid groups (broad SMARTS) is 1. The largest absolute Gasteiger partial charge is 0.480 e. The molecular weight excluding hydrogens is 446 g/mol. The number of aliphatic hydroxyl groups is 1. The predicted octanol–water partition coefficient (Wildman–Crippen LogP) is -2.22. The van der Waals surface area contributed by atoms with Gasteiger partial charge in [0.15, 0.2) is 0 Å². The fraction of sp³-hybridized carbons (Fsp3) is 0.500. The predicted molar refractivity (Wildman–Crippen MR) is 120 cm³/mol. The van der Waals surface area contributed by atoms with Gasteiger partial charge >= 0.3 is 5.97 Å². The summed E-state index contributed by atoms with van der Waals surface area (Å²) in [4.78, 5) is 60.6. The number of aliphatic carboxylic acids is 1. The molecule has 1 fully saturated rings. The van der Waals surface area contributed by atoms with Crippen LogP contribution in [-0.4, -0.2) is 77.1 Å². The van der Waals surface area contributed by atoms with E-state index in [1.807, 2.05) is 0 Å². The van der Waals surface area contributed by atoms with Crippen LogP contribution in [0.1, 0.15) is 31.2 Å². The monoisotopic (exact) mass is 477 g/mol. The average molecular weight is 478 g/mol. The highest BCUT2D eigenvalue weighted by Crippen LogP contribution is 2.07. The number of nitrogens with two attached hydrogens (primary N) is 1. The Hall–Kier alpha value is -3.51. The summed E-state index contributed by atoms with van der Waals surface area (Å²) >= 11 is 0. The lowest BCUT2D eigenvalue weighted by atomic mass is 10.0. The summed E-state index contributed by atoms with van der Waals surface area (Å²) < 4.78 is 0. The van der Waals surface area contributed by atoms with Gasteiger partial charge in [-0.05, 0) is 31.4 Å². The molecule has 4 amide bonds. The minimum absolute atomic E-state index is 0.0247. The number of carbonyl (C=O) groups excluding carboxylic acids is 4. The first-order valence-corrected chi connectivity index (χ1v) is 11.0. The number of aliphatic hydroxyl groups excluding tert-OH is 1. The van der Waals surface area contributed by atoms with E-state index in [9.17, 15) is 34.2 Å². The van der Waals surface area contributed by atoms with Crippen molar-refractivity contribution in [3.8, 4) is 0 Å². The molecule has 12 heteroatoms. The summed E-state index contributed by atoms with van der Waals surface area (Å²) in [5.41, 5.74) is 5.76. The molecule has 1 aliphatic rings. The molecule has 1 saturated heterocycles. The minimum Gasteiger partial charge on any atom is -0.480 e. The number of nitrogens with one attached hydrogen (secondary N) is 4. The highest BCUT2D eigenvalue weighted by atomic mass is 16.4. The van der Waals surface area contributed by atoms with E-state index >= 15 is 0 Å². The van der Waals surface area contributed by atoms with Crippen molar-refractivity contribution in [3.05, 3.63) is 35.9 Å². The Bertz CT molecular complexity index is 874. The van der Waals surface area contributed by atoms with Crippen molar-refractivity contribution < 1.29 is 34.2 Å². The van der Waals surface area contributed by atoms with Crippen LogP contribution < -0.4 is 27.0 Å². The van der Waals surface area contributed by atoms with E-state index in [2.05, 4.69) is 21.3 Å². The highest BCUT2D eigenvalue weighted by Gasteiger charge is 2.31. The van der Waals surface area contributed by atoms with Crippen molar-refractivity contribution in [3.63, 3.8) is 0 Å². The van der Waals surface area contributed by atoms with E-state index in [1.165, 1.54) is 0 Å². The Labute approximate surface area is 196 Å². The number of carboxylic acids is 1. The molecule has 4 unspecified atom stereocenters. The van der Waals surface area contributed by atoms with Gasteiger partial charge in [-0.1, -0.05) is 30.3 Å². The quantitative estimate of drug-likeness (QED) is 0.166. The van der Waals surface area contributed by atoms with Crippen molar-refractivity contribution in [1.82, 2.24) is 21.3 Å². The molecule has 0 aliphatic carbocycles. The lowest BCUT2D eigenvalue weighted by Crippen LogP contribution is -2.58. The van der Waals surface area contributed by atoms with Crippen molar-refractivity contribution in [1.29, 1.82) is 0 Å². The van der Waals surface area contributed by atoms with Crippen molar-refractivity contribution >= 4 is 29.6 Å². The van der Waals surface area contributed by atoms with Gasteiger partial charge in [-0.15, -0.1) is 0 Å². The van der Waals surface area contributed by atoms with Crippen LogP contribution in [0.3, 0.4) is 0 Å². The second kappa shape index (κ2) is 13.3. The zero-order chi connectivity index (χ0) is 25.1. The number of rotatable bonds is 13. The maximum Gasteiger partial charge on any atom is 0.326 e. The molecule has 12 nitrogen and oxygen atoms in total. The molecule has 1 heterocycles. The van der Waals surface area contributed by atoms with E-state index in [-0.39, 0.29) is 19.3 Å². The van der Waals surface area contributed by atoms with Crippen molar-refractivity contribution in [2.45, 2.75) is 56.3 Å². The Balaban J connectivity index is 2.12. The van der Waals surface area contributed by atoms with Crippen molar-refractivity contribution in [2.24, 2.45) is 5.73 Å². The molecule has 1 aromatic rings. The van der Waals surface area contributed by atoms with Gasteiger partial charge in [0, 0.05) is 12.8 Å². The van der Waals surface area contributed by atoms with Crippen LogP contribution in [0.4, 0.5) is 0 Å². The third-order valence-corrected chi connectivity index (χ3v) is 5.40. The normalized spacial score (nSPS) is 17.7. The number of hydrogen-bond donors (Lipinski definition) is 7. The Kier molecular flexibility index (Phi) is 10.4. The molecule has 0 radical (unpaired) electrons. The Morgan fingerprint density at radius 3 is 2.21 bits per heavy atom. The molecule has 2 rings (SSSR count). The van der Waals surface area contributed by atoms with E-state index in [0.29, 0.717) is 18.5 Å². The Morgan fingerprint density at radius 2 is 1.65 bits per heavy atom. The fourth-order valence-corrected chi connectivity index (χ4v) is 3.52. The van der Waals surface area contributed by atoms with E-state index in [4.69, 9.17) is 5.73 Å². The molecule has 0 spiro atoms. The highest BCUT2D eigenvalue weighted by molar-refractivity contribution is 5.94. The van der Waals surface area contributed by atoms with Crippen LogP contribution in [0.5, 0.6) is 0 Å². The zero-order valence-corrected chi connectivity index (χ0v) is 18.7. The summed E-state index contributed by atoms with van der Waals surface area (Å²) in [5.74, 6) is -4.10. The van der Waals surface area contributed by atoms with Crippen LogP contribution in [0.15, 0.2) is 30.3 Å². The SMILES string of the molecule is NC(=O)CCC(NC(=O)C(Cc1ccccc1)NC(=O)C(CO)NC(=O)C1CCCN1)C(=O)O. The summed E-state index contributed by atoms with van der Waals surface area (Å²) in [6.07, 6.45) is 0.976. The Morgan fingerprint density at radius 1 is 1.00 bits per heavy atom.